The van der Waals surface area contributed by atoms with Crippen LogP contribution in [0.25, 0.3) is 16.2 Å². The van der Waals surface area contributed by atoms with Gasteiger partial charge in [0.25, 0.3) is 0 Å². The minimum absolute atomic E-state index is 0.296. The molecule has 1 aromatic carbocycles. The van der Waals surface area contributed by atoms with Crippen molar-refractivity contribution < 1.29 is 14.3 Å². The average Bonchev–Trinajstić information content (AvgIpc) is 3.05. The molecule has 0 bridgehead atoms. The van der Waals surface area contributed by atoms with Crippen LogP contribution in [0.4, 0.5) is 9.52 Å². The van der Waals surface area contributed by atoms with Crippen LogP contribution in [0.2, 0.25) is 0 Å². The normalized spacial score (nSPS) is 12.4. The minimum Gasteiger partial charge on any atom is -0.480 e. The highest BCUT2D eigenvalue weighted by Crippen LogP contribution is 2.25. The largest absolute Gasteiger partial charge is 0.480 e. The van der Waals surface area contributed by atoms with Crippen LogP contribution in [0, 0.1) is 5.82 Å². The van der Waals surface area contributed by atoms with Crippen molar-refractivity contribution in [1.82, 2.24) is 14.6 Å². The molecule has 23 heavy (non-hydrogen) atoms. The van der Waals surface area contributed by atoms with Crippen LogP contribution in [0.5, 0.6) is 0 Å². The lowest BCUT2D eigenvalue weighted by Crippen LogP contribution is -2.28. The number of benzene rings is 1. The van der Waals surface area contributed by atoms with Gasteiger partial charge in [0.15, 0.2) is 0 Å². The first-order chi connectivity index (χ1) is 11.1. The molecule has 2 aromatic heterocycles. The average molecular weight is 334 g/mol. The zero-order valence-electron chi connectivity index (χ0n) is 12.4. The van der Waals surface area contributed by atoms with Crippen molar-refractivity contribution in [2.75, 3.05) is 5.32 Å². The van der Waals surface area contributed by atoms with Gasteiger partial charge >= 0.3 is 5.97 Å². The van der Waals surface area contributed by atoms with Gasteiger partial charge in [-0.3, -0.25) is 0 Å². The summed E-state index contributed by atoms with van der Waals surface area (Å²) in [6.45, 7) is 1.93. The van der Waals surface area contributed by atoms with E-state index in [0.717, 1.165) is 12.0 Å². The third-order valence-electron chi connectivity index (χ3n) is 3.36. The summed E-state index contributed by atoms with van der Waals surface area (Å²) in [6, 6.07) is 5.41. The first-order valence-corrected chi connectivity index (χ1v) is 8.00. The number of carboxylic acids is 1. The Hall–Kier alpha value is -2.48. The number of anilines is 1. The van der Waals surface area contributed by atoms with Crippen molar-refractivity contribution in [3.05, 3.63) is 36.3 Å². The standard InChI is InChI=1S/C15H15FN4O2S/c1-2-3-11(13(21)22)17-14-19-20-8-12(18-15(20)23-14)9-4-6-10(16)7-5-9/h4-8,11H,2-3H2,1H3,(H,17,19)(H,21,22). The van der Waals surface area contributed by atoms with Gasteiger partial charge in [-0.1, -0.05) is 24.7 Å². The highest BCUT2D eigenvalue weighted by Gasteiger charge is 2.18. The Morgan fingerprint density at radius 2 is 2.17 bits per heavy atom. The van der Waals surface area contributed by atoms with Crippen LogP contribution in [0.3, 0.4) is 0 Å². The fourth-order valence-electron chi connectivity index (χ4n) is 2.21. The van der Waals surface area contributed by atoms with Gasteiger partial charge in [0, 0.05) is 5.56 Å². The van der Waals surface area contributed by atoms with Crippen molar-refractivity contribution in [3.63, 3.8) is 0 Å². The van der Waals surface area contributed by atoms with Crippen LogP contribution in [-0.4, -0.2) is 31.7 Å². The molecule has 3 rings (SSSR count). The smallest absolute Gasteiger partial charge is 0.326 e. The van der Waals surface area contributed by atoms with Crippen LogP contribution in [0.15, 0.2) is 30.5 Å². The molecule has 0 spiro atoms. The Morgan fingerprint density at radius 1 is 1.43 bits per heavy atom. The second-order valence-corrected chi connectivity index (χ2v) is 6.05. The molecule has 0 aliphatic rings. The molecule has 1 atom stereocenters. The number of hydrogen-bond acceptors (Lipinski definition) is 5. The summed E-state index contributed by atoms with van der Waals surface area (Å²) in [5, 5.41) is 16.9. The van der Waals surface area contributed by atoms with Gasteiger partial charge in [-0.15, -0.1) is 5.10 Å². The summed E-state index contributed by atoms with van der Waals surface area (Å²) in [7, 11) is 0. The summed E-state index contributed by atoms with van der Waals surface area (Å²) in [5.74, 6) is -1.19. The van der Waals surface area contributed by atoms with E-state index in [-0.39, 0.29) is 5.82 Å². The van der Waals surface area contributed by atoms with E-state index in [1.807, 2.05) is 6.92 Å². The van der Waals surface area contributed by atoms with E-state index < -0.39 is 12.0 Å². The van der Waals surface area contributed by atoms with Crippen LogP contribution < -0.4 is 5.32 Å². The van der Waals surface area contributed by atoms with Gasteiger partial charge in [-0.25, -0.2) is 18.7 Å². The number of imidazole rings is 1. The van der Waals surface area contributed by atoms with Crippen molar-refractivity contribution >= 4 is 27.4 Å². The molecule has 8 heteroatoms. The molecule has 0 aliphatic heterocycles. The molecular formula is C15H15FN4O2S. The maximum absolute atomic E-state index is 13.0. The van der Waals surface area contributed by atoms with Gasteiger partial charge in [0.05, 0.1) is 11.9 Å². The van der Waals surface area contributed by atoms with Crippen molar-refractivity contribution in [2.24, 2.45) is 0 Å². The van der Waals surface area contributed by atoms with Crippen molar-refractivity contribution in [2.45, 2.75) is 25.8 Å². The zero-order valence-corrected chi connectivity index (χ0v) is 13.2. The predicted octanol–water partition coefficient (Wildman–Crippen LogP) is 3.26. The molecular weight excluding hydrogens is 319 g/mol. The monoisotopic (exact) mass is 334 g/mol. The third-order valence-corrected chi connectivity index (χ3v) is 4.21. The molecule has 0 radical (unpaired) electrons. The topological polar surface area (TPSA) is 79.5 Å². The number of aromatic nitrogens is 3. The predicted molar refractivity (Wildman–Crippen MR) is 86.2 cm³/mol. The van der Waals surface area contributed by atoms with E-state index in [1.165, 1.54) is 23.5 Å². The quantitative estimate of drug-likeness (QED) is 0.723. The number of carbonyl (C=O) groups is 1. The number of hydrogen-bond donors (Lipinski definition) is 2. The molecule has 6 nitrogen and oxygen atoms in total. The number of nitrogens with zero attached hydrogens (tertiary/aromatic N) is 3. The summed E-state index contributed by atoms with van der Waals surface area (Å²) in [6.07, 6.45) is 3.03. The number of fused-ring (bicyclic) bond motifs is 1. The summed E-state index contributed by atoms with van der Waals surface area (Å²) >= 11 is 1.28. The maximum atomic E-state index is 13.0. The second kappa shape index (κ2) is 6.33. The lowest BCUT2D eigenvalue weighted by molar-refractivity contribution is -0.138. The number of nitrogens with one attached hydrogen (secondary N) is 1. The Morgan fingerprint density at radius 3 is 2.78 bits per heavy atom. The summed E-state index contributed by atoms with van der Waals surface area (Å²) < 4.78 is 14.6. The fraction of sp³-hybridized carbons (Fsp3) is 0.267. The molecule has 3 aromatic rings. The number of aliphatic carboxylic acids is 1. The number of rotatable bonds is 6. The van der Waals surface area contributed by atoms with Crippen LogP contribution in [-0.2, 0) is 4.79 Å². The molecule has 2 N–H and O–H groups in total. The molecule has 0 saturated carbocycles. The Bertz CT molecular complexity index is 796. The van der Waals surface area contributed by atoms with Crippen LogP contribution >= 0.6 is 11.3 Å². The Kier molecular flexibility index (Phi) is 4.24. The first-order valence-electron chi connectivity index (χ1n) is 7.18. The van der Waals surface area contributed by atoms with E-state index >= 15 is 0 Å². The van der Waals surface area contributed by atoms with E-state index in [1.54, 1.807) is 22.8 Å². The van der Waals surface area contributed by atoms with Crippen molar-refractivity contribution in [1.29, 1.82) is 0 Å². The molecule has 0 amide bonds. The molecule has 0 fully saturated rings. The van der Waals surface area contributed by atoms with E-state index in [9.17, 15) is 9.18 Å². The van der Waals surface area contributed by atoms with Gasteiger partial charge in [0.2, 0.25) is 10.1 Å². The highest BCUT2D eigenvalue weighted by atomic mass is 32.1. The molecule has 1 unspecified atom stereocenters. The number of halogens is 1. The van der Waals surface area contributed by atoms with E-state index in [0.29, 0.717) is 22.2 Å². The highest BCUT2D eigenvalue weighted by molar-refractivity contribution is 7.20. The molecule has 2 heterocycles. The Labute approximate surface area is 135 Å². The van der Waals surface area contributed by atoms with E-state index in [2.05, 4.69) is 15.4 Å². The Balaban J connectivity index is 1.82. The van der Waals surface area contributed by atoms with E-state index in [4.69, 9.17) is 5.11 Å². The summed E-state index contributed by atoms with van der Waals surface area (Å²) in [4.78, 5) is 16.3. The summed E-state index contributed by atoms with van der Waals surface area (Å²) in [5.41, 5.74) is 1.49. The van der Waals surface area contributed by atoms with Gasteiger partial charge in [-0.05, 0) is 30.7 Å². The third kappa shape index (κ3) is 3.31. The van der Waals surface area contributed by atoms with Crippen molar-refractivity contribution in [3.8, 4) is 11.3 Å². The maximum Gasteiger partial charge on any atom is 0.326 e. The lowest BCUT2D eigenvalue weighted by Gasteiger charge is -2.11. The van der Waals surface area contributed by atoms with Gasteiger partial charge in [0.1, 0.15) is 11.9 Å². The zero-order chi connectivity index (χ0) is 16.4. The van der Waals surface area contributed by atoms with Gasteiger partial charge < -0.3 is 10.4 Å². The minimum atomic E-state index is -0.897. The number of carboxylic acid groups (broad SMARTS) is 1. The molecule has 0 saturated heterocycles. The second-order valence-electron chi connectivity index (χ2n) is 5.09. The molecule has 120 valence electrons. The van der Waals surface area contributed by atoms with Gasteiger partial charge in [-0.2, -0.15) is 0 Å². The lowest BCUT2D eigenvalue weighted by atomic mass is 10.2. The fourth-order valence-corrected chi connectivity index (χ4v) is 3.05. The SMILES string of the molecule is CCCC(Nc1nn2cc(-c3ccc(F)cc3)nc2s1)C(=O)O. The molecule has 0 aliphatic carbocycles. The first kappa shape index (κ1) is 15.4. The van der Waals surface area contributed by atoms with Crippen LogP contribution in [0.1, 0.15) is 19.8 Å².